The molecule has 3 rings (SSSR count). The zero-order valence-corrected chi connectivity index (χ0v) is 19.5. The van der Waals surface area contributed by atoms with E-state index in [2.05, 4.69) is 16.8 Å². The SMILES string of the molecule is COC(=N)N(C(=N)c1cc(C(C)C)c(OC)cc1O)c1ccc(N2CCN(C)CC2)cc1. The van der Waals surface area contributed by atoms with Gasteiger partial charge in [0.1, 0.15) is 17.3 Å². The molecule has 2 aromatic rings. The minimum absolute atomic E-state index is 0.0498. The van der Waals surface area contributed by atoms with Crippen molar-refractivity contribution >= 4 is 23.2 Å². The lowest BCUT2D eigenvalue weighted by Crippen LogP contribution is -2.44. The Kier molecular flexibility index (Phi) is 7.25. The molecule has 8 nitrogen and oxygen atoms in total. The second-order valence-corrected chi connectivity index (χ2v) is 8.27. The number of piperazine rings is 1. The summed E-state index contributed by atoms with van der Waals surface area (Å²) in [5, 5.41) is 27.8. The van der Waals surface area contributed by atoms with E-state index in [9.17, 15) is 5.11 Å². The van der Waals surface area contributed by atoms with E-state index in [-0.39, 0.29) is 23.5 Å². The van der Waals surface area contributed by atoms with Crippen molar-refractivity contribution in [1.82, 2.24) is 4.90 Å². The van der Waals surface area contributed by atoms with Gasteiger partial charge in [0.2, 0.25) is 0 Å². The Morgan fingerprint density at radius 1 is 1.03 bits per heavy atom. The van der Waals surface area contributed by atoms with E-state index in [1.54, 1.807) is 13.2 Å². The molecule has 1 fully saturated rings. The molecule has 1 saturated heterocycles. The fraction of sp³-hybridized carbons (Fsp3) is 0.417. The van der Waals surface area contributed by atoms with Gasteiger partial charge in [-0.3, -0.25) is 10.8 Å². The molecular formula is C24H33N5O3. The number of phenols is 1. The molecule has 0 amide bonds. The predicted molar refractivity (Wildman–Crippen MR) is 129 cm³/mol. The van der Waals surface area contributed by atoms with Crippen molar-refractivity contribution in [2.45, 2.75) is 19.8 Å². The Balaban J connectivity index is 1.94. The minimum Gasteiger partial charge on any atom is -0.507 e. The average molecular weight is 440 g/mol. The van der Waals surface area contributed by atoms with Gasteiger partial charge >= 0.3 is 0 Å². The number of nitrogens with one attached hydrogen (secondary N) is 2. The molecule has 0 unspecified atom stereocenters. The molecule has 0 atom stereocenters. The molecule has 172 valence electrons. The molecule has 0 radical (unpaired) electrons. The Hall–Kier alpha value is -3.26. The van der Waals surface area contributed by atoms with E-state index in [1.807, 2.05) is 38.1 Å². The number of aromatic hydroxyl groups is 1. The van der Waals surface area contributed by atoms with Crippen LogP contribution in [0, 0.1) is 10.8 Å². The minimum atomic E-state index is -0.205. The monoisotopic (exact) mass is 439 g/mol. The molecule has 1 aliphatic rings. The summed E-state index contributed by atoms with van der Waals surface area (Å²) >= 11 is 0. The smallest absolute Gasteiger partial charge is 0.294 e. The third-order valence-corrected chi connectivity index (χ3v) is 5.82. The first kappa shape index (κ1) is 23.4. The predicted octanol–water partition coefficient (Wildman–Crippen LogP) is 3.69. The number of hydrogen-bond acceptors (Lipinski definition) is 7. The first-order chi connectivity index (χ1) is 15.3. The van der Waals surface area contributed by atoms with Gasteiger partial charge in [-0.05, 0) is 48.9 Å². The summed E-state index contributed by atoms with van der Waals surface area (Å²) in [5.41, 5.74) is 2.89. The molecule has 0 spiro atoms. The number of likely N-dealkylation sites (N-methyl/N-ethyl adjacent to an activating group) is 1. The van der Waals surface area contributed by atoms with Gasteiger partial charge in [0.25, 0.3) is 6.02 Å². The van der Waals surface area contributed by atoms with Crippen molar-refractivity contribution in [3.8, 4) is 11.5 Å². The Morgan fingerprint density at radius 3 is 2.19 bits per heavy atom. The van der Waals surface area contributed by atoms with Crippen LogP contribution in [-0.4, -0.2) is 69.3 Å². The van der Waals surface area contributed by atoms with E-state index >= 15 is 0 Å². The molecule has 2 aromatic carbocycles. The molecule has 32 heavy (non-hydrogen) atoms. The standard InChI is InChI=1S/C24H33N5O3/c1-16(2)19-14-20(21(30)15-22(19)31-4)23(25)29(24(26)32-5)18-8-6-17(7-9-18)28-12-10-27(3)11-13-28/h6-9,14-16,25-26,30H,10-13H2,1-5H3. The average Bonchev–Trinajstić information content (AvgIpc) is 2.79. The van der Waals surface area contributed by atoms with E-state index in [0.717, 1.165) is 37.4 Å². The van der Waals surface area contributed by atoms with Crippen LogP contribution in [-0.2, 0) is 4.74 Å². The van der Waals surface area contributed by atoms with Crippen LogP contribution < -0.4 is 14.5 Å². The third kappa shape index (κ3) is 4.80. The van der Waals surface area contributed by atoms with E-state index in [1.165, 1.54) is 18.1 Å². The van der Waals surface area contributed by atoms with Crippen LogP contribution in [0.2, 0.25) is 0 Å². The van der Waals surface area contributed by atoms with Gasteiger partial charge in [0.05, 0.1) is 25.5 Å². The number of nitrogens with zero attached hydrogens (tertiary/aromatic N) is 3. The second-order valence-electron chi connectivity index (χ2n) is 8.27. The zero-order chi connectivity index (χ0) is 23.4. The lowest BCUT2D eigenvalue weighted by atomic mass is 9.98. The van der Waals surface area contributed by atoms with E-state index in [0.29, 0.717) is 17.0 Å². The highest BCUT2D eigenvalue weighted by molar-refractivity contribution is 6.22. The first-order valence-corrected chi connectivity index (χ1v) is 10.7. The first-order valence-electron chi connectivity index (χ1n) is 10.7. The molecule has 0 aliphatic carbocycles. The fourth-order valence-corrected chi connectivity index (χ4v) is 3.84. The number of amidine groups is 2. The Morgan fingerprint density at radius 2 is 1.66 bits per heavy atom. The third-order valence-electron chi connectivity index (χ3n) is 5.82. The maximum absolute atomic E-state index is 10.6. The molecule has 0 saturated carbocycles. The summed E-state index contributed by atoms with van der Waals surface area (Å²) in [6.07, 6.45) is 0. The highest BCUT2D eigenvalue weighted by atomic mass is 16.5. The molecule has 3 N–H and O–H groups in total. The summed E-state index contributed by atoms with van der Waals surface area (Å²) in [5.74, 6) is 0.569. The topological polar surface area (TPSA) is 96.1 Å². The zero-order valence-electron chi connectivity index (χ0n) is 19.5. The van der Waals surface area contributed by atoms with Crippen LogP contribution in [0.25, 0.3) is 0 Å². The Bertz CT molecular complexity index is 966. The second kappa shape index (κ2) is 9.91. The van der Waals surface area contributed by atoms with Crippen LogP contribution in [0.1, 0.15) is 30.9 Å². The van der Waals surface area contributed by atoms with Crippen LogP contribution in [0.15, 0.2) is 36.4 Å². The quantitative estimate of drug-likeness (QED) is 0.486. The summed E-state index contributed by atoms with van der Waals surface area (Å²) in [4.78, 5) is 6.01. The van der Waals surface area contributed by atoms with Crippen molar-refractivity contribution < 1.29 is 14.6 Å². The summed E-state index contributed by atoms with van der Waals surface area (Å²) in [7, 11) is 5.08. The number of benzene rings is 2. The van der Waals surface area contributed by atoms with Gasteiger partial charge in [0.15, 0.2) is 0 Å². The number of anilines is 2. The molecular weight excluding hydrogens is 406 g/mol. The Labute approximate surface area is 190 Å². The highest BCUT2D eigenvalue weighted by Gasteiger charge is 2.25. The normalized spacial score (nSPS) is 14.4. The van der Waals surface area contributed by atoms with Gasteiger partial charge in [-0.1, -0.05) is 13.8 Å². The van der Waals surface area contributed by atoms with Crippen LogP contribution in [0.4, 0.5) is 11.4 Å². The van der Waals surface area contributed by atoms with Gasteiger partial charge in [-0.2, -0.15) is 0 Å². The lowest BCUT2D eigenvalue weighted by molar-refractivity contribution is 0.313. The van der Waals surface area contributed by atoms with Crippen LogP contribution >= 0.6 is 0 Å². The lowest BCUT2D eigenvalue weighted by Gasteiger charge is -2.34. The largest absolute Gasteiger partial charge is 0.507 e. The van der Waals surface area contributed by atoms with Crippen molar-refractivity contribution in [1.29, 1.82) is 10.8 Å². The summed E-state index contributed by atoms with van der Waals surface area (Å²) in [6, 6.07) is 10.8. The maximum Gasteiger partial charge on any atom is 0.294 e. The molecule has 8 heteroatoms. The molecule has 0 bridgehead atoms. The summed E-state index contributed by atoms with van der Waals surface area (Å²) in [6.45, 7) is 7.99. The van der Waals surface area contributed by atoms with Crippen molar-refractivity contribution in [2.24, 2.45) is 0 Å². The molecule has 1 heterocycles. The van der Waals surface area contributed by atoms with Crippen LogP contribution in [0.3, 0.4) is 0 Å². The highest BCUT2D eigenvalue weighted by Crippen LogP contribution is 2.34. The van der Waals surface area contributed by atoms with Gasteiger partial charge in [-0.25, -0.2) is 4.90 Å². The van der Waals surface area contributed by atoms with Crippen molar-refractivity contribution in [3.05, 3.63) is 47.5 Å². The number of rotatable bonds is 5. The van der Waals surface area contributed by atoms with E-state index in [4.69, 9.17) is 20.3 Å². The van der Waals surface area contributed by atoms with E-state index < -0.39 is 0 Å². The van der Waals surface area contributed by atoms with Crippen molar-refractivity contribution in [3.63, 3.8) is 0 Å². The van der Waals surface area contributed by atoms with Crippen molar-refractivity contribution in [2.75, 3.05) is 57.2 Å². The molecule has 1 aliphatic heterocycles. The summed E-state index contributed by atoms with van der Waals surface area (Å²) < 4.78 is 10.6. The number of methoxy groups -OCH3 is 2. The molecule has 0 aromatic heterocycles. The fourth-order valence-electron chi connectivity index (χ4n) is 3.84. The van der Waals surface area contributed by atoms with Gasteiger partial charge in [-0.15, -0.1) is 0 Å². The number of hydrogen-bond donors (Lipinski definition) is 3. The maximum atomic E-state index is 10.6. The van der Waals surface area contributed by atoms with Crippen LogP contribution in [0.5, 0.6) is 11.5 Å². The van der Waals surface area contributed by atoms with Gasteiger partial charge in [0, 0.05) is 37.9 Å². The number of ether oxygens (including phenoxy) is 2. The van der Waals surface area contributed by atoms with Gasteiger partial charge < -0.3 is 24.4 Å². The number of phenolic OH excluding ortho intramolecular Hbond substituents is 1.